The van der Waals surface area contributed by atoms with Gasteiger partial charge in [-0.05, 0) is 40.5 Å². The Bertz CT molecular complexity index is 393. The van der Waals surface area contributed by atoms with Gasteiger partial charge in [-0.15, -0.1) is 0 Å². The molecule has 2 nitrogen and oxygen atoms in total. The first-order chi connectivity index (χ1) is 7.71. The molecule has 0 saturated carbocycles. The Morgan fingerprint density at radius 1 is 1.41 bits per heavy atom. The smallest absolute Gasteiger partial charge is 0.171 e. The van der Waals surface area contributed by atoms with E-state index in [1.54, 1.807) is 6.20 Å². The van der Waals surface area contributed by atoms with Gasteiger partial charge in [-0.2, -0.15) is 0 Å². The van der Waals surface area contributed by atoms with Gasteiger partial charge in [-0.25, -0.2) is 0 Å². The fourth-order valence-corrected chi connectivity index (χ4v) is 3.38. The minimum atomic E-state index is -1.14. The molecule has 0 aliphatic rings. The second kappa shape index (κ2) is 5.82. The first-order valence-electron chi connectivity index (χ1n) is 5.68. The van der Waals surface area contributed by atoms with Gasteiger partial charge in [-0.1, -0.05) is 32.4 Å². The molecule has 1 unspecified atom stereocenters. The van der Waals surface area contributed by atoms with Crippen molar-refractivity contribution in [2.75, 3.05) is 0 Å². The highest BCUT2D eigenvalue weighted by Crippen LogP contribution is 2.39. The van der Waals surface area contributed by atoms with Gasteiger partial charge in [0.25, 0.3) is 0 Å². The summed E-state index contributed by atoms with van der Waals surface area (Å²) >= 11 is 9.62. The van der Waals surface area contributed by atoms with Crippen molar-refractivity contribution in [2.45, 2.75) is 40.0 Å². The van der Waals surface area contributed by atoms with Crippen LogP contribution in [0.3, 0.4) is 0 Å². The fourth-order valence-electron chi connectivity index (χ4n) is 1.57. The minimum Gasteiger partial charge on any atom is -0.412 e. The van der Waals surface area contributed by atoms with Gasteiger partial charge in [0.1, 0.15) is 0 Å². The van der Waals surface area contributed by atoms with Crippen LogP contribution in [-0.2, 0) is 4.43 Å². The molecule has 17 heavy (non-hydrogen) atoms. The van der Waals surface area contributed by atoms with Crippen molar-refractivity contribution in [3.63, 3.8) is 0 Å². The molecule has 96 valence electrons. The number of pyridine rings is 1. The van der Waals surface area contributed by atoms with Gasteiger partial charge in [-0.3, -0.25) is 4.98 Å². The Kier molecular flexibility index (Phi) is 5.19. The third-order valence-electron chi connectivity index (χ3n) is 2.28. The summed E-state index contributed by atoms with van der Waals surface area (Å²) in [5.74, 6) is 0. The van der Waals surface area contributed by atoms with Crippen molar-refractivity contribution < 1.29 is 4.43 Å². The van der Waals surface area contributed by atoms with Gasteiger partial charge in [0.2, 0.25) is 0 Å². The predicted molar refractivity (Wildman–Crippen MR) is 79.1 cm³/mol. The number of nitrogens with zero attached hydrogens (tertiary/aromatic N) is 1. The van der Waals surface area contributed by atoms with Gasteiger partial charge >= 0.3 is 0 Å². The van der Waals surface area contributed by atoms with Crippen LogP contribution in [0, 0.1) is 5.41 Å². The summed E-state index contributed by atoms with van der Waals surface area (Å²) in [6.45, 7) is 10.8. The first-order valence-corrected chi connectivity index (χ1v) is 9.63. The summed E-state index contributed by atoms with van der Waals surface area (Å²) in [7, 11) is -1.14. The van der Waals surface area contributed by atoms with Gasteiger partial charge in [0.15, 0.2) is 9.04 Å². The van der Waals surface area contributed by atoms with Crippen molar-refractivity contribution >= 4 is 36.6 Å². The van der Waals surface area contributed by atoms with E-state index in [4.69, 9.17) is 16.0 Å². The van der Waals surface area contributed by atoms with Crippen LogP contribution in [0.1, 0.15) is 32.6 Å². The van der Waals surface area contributed by atoms with Crippen LogP contribution in [0.2, 0.25) is 18.1 Å². The zero-order valence-corrected chi connectivity index (χ0v) is 14.4. The first kappa shape index (κ1) is 15.2. The zero-order valence-electron chi connectivity index (χ0n) is 10.9. The topological polar surface area (TPSA) is 22.1 Å². The Hall–Kier alpha value is 0.0969. The molecule has 0 spiro atoms. The highest BCUT2D eigenvalue weighted by atomic mass is 79.9. The van der Waals surface area contributed by atoms with E-state index in [1.807, 2.05) is 6.07 Å². The van der Waals surface area contributed by atoms with Crippen molar-refractivity contribution in [3.05, 3.63) is 27.5 Å². The highest BCUT2D eigenvalue weighted by Gasteiger charge is 2.30. The fraction of sp³-hybridized carbons (Fsp3) is 0.583. The van der Waals surface area contributed by atoms with Crippen molar-refractivity contribution in [1.82, 2.24) is 4.98 Å². The Morgan fingerprint density at radius 3 is 2.41 bits per heavy atom. The average molecular weight is 337 g/mol. The molecule has 0 aliphatic heterocycles. The summed E-state index contributed by atoms with van der Waals surface area (Å²) < 4.78 is 6.99. The molecule has 0 aliphatic carbocycles. The van der Waals surface area contributed by atoms with Crippen LogP contribution in [-0.4, -0.2) is 14.0 Å². The maximum Gasteiger partial charge on any atom is 0.171 e. The van der Waals surface area contributed by atoms with Crippen LogP contribution < -0.4 is 0 Å². The zero-order chi connectivity index (χ0) is 13.2. The number of hydrogen-bond donors (Lipinski definition) is 0. The van der Waals surface area contributed by atoms with Crippen LogP contribution in [0.15, 0.2) is 16.7 Å². The number of hydrogen-bond acceptors (Lipinski definition) is 2. The molecular weight excluding hydrogens is 318 g/mol. The molecule has 1 atom stereocenters. The highest BCUT2D eigenvalue weighted by molar-refractivity contribution is 9.10. The number of rotatable bonds is 3. The summed E-state index contributed by atoms with van der Waals surface area (Å²) in [5, 5.41) is 0.661. The van der Waals surface area contributed by atoms with Crippen LogP contribution >= 0.6 is 27.5 Å². The van der Waals surface area contributed by atoms with Crippen molar-refractivity contribution in [1.29, 1.82) is 0 Å². The molecule has 0 N–H and O–H groups in total. The minimum absolute atomic E-state index is 0.0122. The molecule has 1 rings (SSSR count). The van der Waals surface area contributed by atoms with Crippen molar-refractivity contribution in [2.24, 2.45) is 5.41 Å². The van der Waals surface area contributed by atoms with E-state index in [-0.39, 0.29) is 11.5 Å². The number of aromatic nitrogens is 1. The monoisotopic (exact) mass is 335 g/mol. The summed E-state index contributed by atoms with van der Waals surface area (Å²) in [5.41, 5.74) is 0.824. The molecule has 0 fully saturated rings. The van der Waals surface area contributed by atoms with Crippen molar-refractivity contribution in [3.8, 4) is 0 Å². The molecule has 5 heteroatoms. The Morgan fingerprint density at radius 2 is 2.00 bits per heavy atom. The maximum absolute atomic E-state index is 6.26. The maximum atomic E-state index is 6.26. The van der Waals surface area contributed by atoms with Crippen LogP contribution in [0.25, 0.3) is 0 Å². The molecular formula is C12H19BrClNOSi. The molecule has 1 aromatic heterocycles. The van der Waals surface area contributed by atoms with Gasteiger partial charge < -0.3 is 4.43 Å². The Balaban J connectivity index is 3.13. The molecule has 0 bridgehead atoms. The van der Waals surface area contributed by atoms with E-state index >= 15 is 0 Å². The molecule has 1 heterocycles. The van der Waals surface area contributed by atoms with E-state index in [0.29, 0.717) is 5.02 Å². The van der Waals surface area contributed by atoms with E-state index in [0.717, 1.165) is 10.2 Å². The lowest BCUT2D eigenvalue weighted by molar-refractivity contribution is 0.0828. The molecule has 0 aromatic carbocycles. The predicted octanol–water partition coefficient (Wildman–Crippen LogP) is 4.58. The lowest BCUT2D eigenvalue weighted by Crippen LogP contribution is -2.27. The summed E-state index contributed by atoms with van der Waals surface area (Å²) in [6, 6.07) is 1.87. The van der Waals surface area contributed by atoms with E-state index in [9.17, 15) is 0 Å². The normalized spacial score (nSPS) is 14.1. The number of halogens is 2. The molecule has 0 amide bonds. The largest absolute Gasteiger partial charge is 0.412 e. The van der Waals surface area contributed by atoms with E-state index < -0.39 is 9.04 Å². The molecule has 0 radical (unpaired) electrons. The van der Waals surface area contributed by atoms with E-state index in [1.165, 1.54) is 0 Å². The SMILES string of the molecule is C[SiH](C)OC(c1ncc(Br)cc1Cl)C(C)(C)C. The third-order valence-corrected chi connectivity index (χ3v) is 3.83. The van der Waals surface area contributed by atoms with Gasteiger partial charge in [0.05, 0.1) is 16.8 Å². The second-order valence-corrected chi connectivity index (χ2v) is 9.14. The molecule has 1 aromatic rings. The third kappa shape index (κ3) is 4.36. The summed E-state index contributed by atoms with van der Waals surface area (Å²) in [4.78, 5) is 4.42. The van der Waals surface area contributed by atoms with Crippen LogP contribution in [0.5, 0.6) is 0 Å². The average Bonchev–Trinajstić information content (AvgIpc) is 2.13. The quantitative estimate of drug-likeness (QED) is 0.753. The van der Waals surface area contributed by atoms with Crippen LogP contribution in [0.4, 0.5) is 0 Å². The lowest BCUT2D eigenvalue weighted by atomic mass is 9.87. The molecule has 0 saturated heterocycles. The second-order valence-electron chi connectivity index (χ2n) is 5.45. The van der Waals surface area contributed by atoms with Gasteiger partial charge in [0, 0.05) is 10.7 Å². The van der Waals surface area contributed by atoms with E-state index in [2.05, 4.69) is 54.8 Å². The lowest BCUT2D eigenvalue weighted by Gasteiger charge is -2.32. The summed E-state index contributed by atoms with van der Waals surface area (Å²) in [6.07, 6.45) is 1.72. The standard InChI is InChI=1S/C12H19BrClNOSi/c1-12(2,3)11(16-17(4)5)10-9(14)6-8(13)7-15-10/h6-7,11,17H,1-5H3. The Labute approximate surface area is 119 Å².